The summed E-state index contributed by atoms with van der Waals surface area (Å²) in [6.45, 7) is 0. The van der Waals surface area contributed by atoms with Crippen LogP contribution in [0.1, 0.15) is 0 Å². The molecule has 68 valence electrons. The van der Waals surface area contributed by atoms with E-state index in [1.165, 1.54) is 0 Å². The van der Waals surface area contributed by atoms with Crippen molar-refractivity contribution in [2.24, 2.45) is 0 Å². The van der Waals surface area contributed by atoms with E-state index in [2.05, 4.69) is 3.02 Å². The molecule has 3 N–H and O–H groups in total. The van der Waals surface area contributed by atoms with Gasteiger partial charge in [0.1, 0.15) is 0 Å². The van der Waals surface area contributed by atoms with Crippen molar-refractivity contribution in [1.29, 1.82) is 0 Å². The van der Waals surface area contributed by atoms with Gasteiger partial charge in [0.05, 0.1) is 0 Å². The molecule has 2 unspecified atom stereocenters. The molecule has 0 radical (unpaired) electrons. The number of rotatable bonds is 3. The molecule has 0 aromatic rings. The molecule has 2 atom stereocenters. The van der Waals surface area contributed by atoms with Crippen molar-refractivity contribution in [2.45, 2.75) is 12.2 Å². The van der Waals surface area contributed by atoms with Crippen molar-refractivity contribution >= 4 is 116 Å². The van der Waals surface area contributed by atoms with E-state index in [0.717, 1.165) is 0 Å². The summed E-state index contributed by atoms with van der Waals surface area (Å²) in [6, 6.07) is 0. The topological polar surface area (TPSA) is 104 Å². The number of aliphatic hydroxyl groups excluding tert-OH is 2. The molecule has 13 heavy (non-hydrogen) atoms. The first-order valence-corrected chi connectivity index (χ1v) is 3.84. The van der Waals surface area contributed by atoms with Gasteiger partial charge in [-0.1, -0.05) is 0 Å². The van der Waals surface area contributed by atoms with Gasteiger partial charge in [0.25, 0.3) is 0 Å². The minimum atomic E-state index is -2.12. The van der Waals surface area contributed by atoms with Gasteiger partial charge in [0.2, 0.25) is 0 Å². The number of carboxylic acid groups (broad SMARTS) is 1. The molecule has 0 aliphatic rings. The average molecular weight is 337 g/mol. The minimum absolute atomic E-state index is 0. The Morgan fingerprint density at radius 3 is 1.85 bits per heavy atom. The third-order valence-corrected chi connectivity index (χ3v) is 1.57. The molecule has 9 heteroatoms. The zero-order valence-corrected chi connectivity index (χ0v) is 8.59. The molecule has 0 aliphatic heterocycles. The molecule has 0 aromatic carbocycles. The van der Waals surface area contributed by atoms with Crippen LogP contribution in [0.5, 0.6) is 0 Å². The first-order valence-electron chi connectivity index (χ1n) is 2.50. The Morgan fingerprint density at radius 1 is 1.23 bits per heavy atom. The van der Waals surface area contributed by atoms with Crippen molar-refractivity contribution in [3.05, 3.63) is 0 Å². The summed E-state index contributed by atoms with van der Waals surface area (Å²) in [6.07, 6.45) is -4.11. The Kier molecular flexibility index (Phi) is 17.2. The molecular formula is C4H9KNaO6Sb. The van der Waals surface area contributed by atoms with E-state index in [1.54, 1.807) is 0 Å². The Morgan fingerprint density at radius 2 is 1.62 bits per heavy atom. The molecule has 0 fully saturated rings. The molecule has 0 aromatic heterocycles. The first kappa shape index (κ1) is 20.7. The van der Waals surface area contributed by atoms with E-state index in [9.17, 15) is 9.59 Å². The van der Waals surface area contributed by atoms with Crippen LogP contribution >= 0.6 is 0 Å². The molecule has 0 rings (SSSR count). The van der Waals surface area contributed by atoms with Crippen LogP contribution in [-0.2, 0) is 12.6 Å². The standard InChI is InChI=1S/C4H6O6.K.Na.Sb.4H/c5-1(3(7)8)2(6)4(9)10;;;;;;;/h1-2,5-6H,(H,7,8)(H,9,10);;;;;;;/q;;;+1;;;;/p-1. The zero-order valence-electron chi connectivity index (χ0n) is 5.30. The number of carbonyl (C=O) groups excluding carboxylic acids is 1. The number of carboxylic acids is 1. The predicted molar refractivity (Wildman–Crippen MR) is 48.6 cm³/mol. The normalized spacial score (nSPS) is 12.8. The van der Waals surface area contributed by atoms with Gasteiger partial charge in [-0.3, -0.25) is 0 Å². The van der Waals surface area contributed by atoms with Gasteiger partial charge in [0.15, 0.2) is 0 Å². The third-order valence-electron chi connectivity index (χ3n) is 0.910. The maximum atomic E-state index is 10.4. The molecule has 0 aliphatic carbocycles. The fraction of sp³-hybridized carbons (Fsp3) is 0.500. The van der Waals surface area contributed by atoms with Gasteiger partial charge in [-0.25, -0.2) is 0 Å². The van der Waals surface area contributed by atoms with Crippen LogP contribution in [0.2, 0.25) is 0 Å². The van der Waals surface area contributed by atoms with Gasteiger partial charge < -0.3 is 0 Å². The van der Waals surface area contributed by atoms with Crippen molar-refractivity contribution in [3.63, 3.8) is 0 Å². The molecule has 0 bridgehead atoms. The molecule has 0 heterocycles. The maximum absolute atomic E-state index is 10.4. The number of hydrogen-bond acceptors (Lipinski definition) is 5. The number of aliphatic carboxylic acids is 1. The van der Waals surface area contributed by atoms with Crippen LogP contribution in [0.15, 0.2) is 0 Å². The third kappa shape index (κ3) is 8.16. The number of aliphatic hydroxyl groups is 2. The van der Waals surface area contributed by atoms with Crippen LogP contribution in [0, 0.1) is 0 Å². The van der Waals surface area contributed by atoms with Gasteiger partial charge >= 0.3 is 156 Å². The molecular weight excluding hydrogens is 328 g/mol. The van der Waals surface area contributed by atoms with Crippen LogP contribution in [0.4, 0.5) is 0 Å². The molecule has 0 amide bonds. The molecule has 0 saturated carbocycles. The summed E-state index contributed by atoms with van der Waals surface area (Å²) in [5.41, 5.74) is 0. The molecule has 6 nitrogen and oxygen atoms in total. The van der Waals surface area contributed by atoms with E-state index in [1.807, 2.05) is 0 Å². The van der Waals surface area contributed by atoms with Crippen molar-refractivity contribution in [3.8, 4) is 0 Å². The second kappa shape index (κ2) is 10.8. The van der Waals surface area contributed by atoms with Gasteiger partial charge in [-0.15, -0.1) is 0 Å². The van der Waals surface area contributed by atoms with E-state index >= 15 is 0 Å². The second-order valence-electron chi connectivity index (χ2n) is 1.66. The van der Waals surface area contributed by atoms with E-state index in [4.69, 9.17) is 15.3 Å². The quantitative estimate of drug-likeness (QED) is 0.449. The summed E-state index contributed by atoms with van der Waals surface area (Å²) in [5, 5.41) is 25.3. The van der Waals surface area contributed by atoms with Gasteiger partial charge in [0, 0.05) is 0 Å². The second-order valence-corrected chi connectivity index (χ2v) is 2.34. The van der Waals surface area contributed by atoms with Crippen molar-refractivity contribution < 1.29 is 27.9 Å². The monoisotopic (exact) mass is 336 g/mol. The number of carbonyl (C=O) groups is 2. The van der Waals surface area contributed by atoms with Gasteiger partial charge in [-0.05, 0) is 0 Å². The first-order chi connectivity index (χ1) is 5.00. The SMILES string of the molecule is O=C(O)C(O)C(O)C(=O)[O][SbH2].[KH].[NaH]. The molecule has 0 saturated heterocycles. The van der Waals surface area contributed by atoms with Crippen molar-refractivity contribution in [2.75, 3.05) is 0 Å². The fourth-order valence-corrected chi connectivity index (χ4v) is 0.732. The van der Waals surface area contributed by atoms with Gasteiger partial charge in [-0.2, -0.15) is 0 Å². The van der Waals surface area contributed by atoms with Crippen LogP contribution in [0.25, 0.3) is 0 Å². The Labute approximate surface area is 153 Å². The fourth-order valence-electron chi connectivity index (χ4n) is 0.334. The van der Waals surface area contributed by atoms with E-state index in [0.29, 0.717) is 0 Å². The Hall–Kier alpha value is 2.31. The average Bonchev–Trinajstić information content (AvgIpc) is 2.00. The predicted octanol–water partition coefficient (Wildman–Crippen LogP) is -4.41. The summed E-state index contributed by atoms with van der Waals surface area (Å²) < 4.78 is 4.10. The summed E-state index contributed by atoms with van der Waals surface area (Å²) >= 11 is 0.108. The number of hydrogen-bond donors (Lipinski definition) is 3. The van der Waals surface area contributed by atoms with Crippen LogP contribution < -0.4 is 0 Å². The van der Waals surface area contributed by atoms with Crippen LogP contribution in [0.3, 0.4) is 0 Å². The van der Waals surface area contributed by atoms with E-state index in [-0.39, 0.29) is 104 Å². The van der Waals surface area contributed by atoms with E-state index < -0.39 is 24.1 Å². The van der Waals surface area contributed by atoms with Crippen LogP contribution in [-0.4, -0.2) is 144 Å². The summed E-state index contributed by atoms with van der Waals surface area (Å²) in [7, 11) is 0. The molecule has 0 spiro atoms. The van der Waals surface area contributed by atoms with Crippen molar-refractivity contribution in [1.82, 2.24) is 0 Å². The zero-order chi connectivity index (χ0) is 9.02. The summed E-state index contributed by atoms with van der Waals surface area (Å²) in [4.78, 5) is 20.3. The summed E-state index contributed by atoms with van der Waals surface area (Å²) in [5.74, 6) is -2.79. The Bertz CT molecular complexity index is 178. The Balaban J connectivity index is -0.000000500.